The highest BCUT2D eigenvalue weighted by Crippen LogP contribution is 2.33. The molecule has 4 heteroatoms. The molecule has 0 saturated carbocycles. The van der Waals surface area contributed by atoms with Crippen LogP contribution >= 0.6 is 0 Å². The number of ether oxygens (including phenoxy) is 2. The van der Waals surface area contributed by atoms with Crippen LogP contribution in [0.2, 0.25) is 0 Å². The molecular weight excluding hydrogens is 208 g/mol. The zero-order valence-corrected chi connectivity index (χ0v) is 10.2. The first-order valence-electron chi connectivity index (χ1n) is 5.66. The molecule has 0 bridgehead atoms. The van der Waals surface area contributed by atoms with Crippen LogP contribution < -0.4 is 0 Å². The topological polar surface area (TPSA) is 58.9 Å². The first-order valence-corrected chi connectivity index (χ1v) is 5.66. The van der Waals surface area contributed by atoms with Crippen LogP contribution in [-0.4, -0.2) is 40.9 Å². The summed E-state index contributed by atoms with van der Waals surface area (Å²) in [4.78, 5) is 0. The molecule has 1 fully saturated rings. The smallest absolute Gasteiger partial charge is 0.163 e. The summed E-state index contributed by atoms with van der Waals surface area (Å²) in [6.45, 7) is 9.01. The summed E-state index contributed by atoms with van der Waals surface area (Å²) >= 11 is 0. The Balaban J connectivity index is 2.67. The minimum atomic E-state index is -0.694. The SMILES string of the molecule is C=CCC(O)[C@H](C)[C@H]1OC(C)(C)O[C@H]1CO. The fourth-order valence-corrected chi connectivity index (χ4v) is 2.05. The Labute approximate surface area is 96.9 Å². The molecule has 4 nitrogen and oxygen atoms in total. The van der Waals surface area contributed by atoms with E-state index in [1.807, 2.05) is 20.8 Å². The van der Waals surface area contributed by atoms with Gasteiger partial charge < -0.3 is 19.7 Å². The molecule has 2 N–H and O–H groups in total. The van der Waals surface area contributed by atoms with E-state index in [-0.39, 0.29) is 24.7 Å². The van der Waals surface area contributed by atoms with Gasteiger partial charge in [-0.2, -0.15) is 0 Å². The highest BCUT2D eigenvalue weighted by Gasteiger charge is 2.44. The molecule has 1 rings (SSSR count). The van der Waals surface area contributed by atoms with Crippen molar-refractivity contribution >= 4 is 0 Å². The lowest BCUT2D eigenvalue weighted by molar-refractivity contribution is -0.155. The van der Waals surface area contributed by atoms with Crippen molar-refractivity contribution in [2.24, 2.45) is 5.92 Å². The Morgan fingerprint density at radius 1 is 1.44 bits per heavy atom. The molecule has 0 spiro atoms. The molecule has 0 radical (unpaired) electrons. The molecule has 1 saturated heterocycles. The van der Waals surface area contributed by atoms with Gasteiger partial charge in [-0.25, -0.2) is 0 Å². The predicted molar refractivity (Wildman–Crippen MR) is 60.9 cm³/mol. The second-order valence-corrected chi connectivity index (χ2v) is 4.77. The van der Waals surface area contributed by atoms with Crippen molar-refractivity contribution in [3.63, 3.8) is 0 Å². The average Bonchev–Trinajstić information content (AvgIpc) is 2.53. The lowest BCUT2D eigenvalue weighted by Crippen LogP contribution is -2.38. The van der Waals surface area contributed by atoms with Crippen molar-refractivity contribution in [1.29, 1.82) is 0 Å². The number of hydrogen-bond acceptors (Lipinski definition) is 4. The van der Waals surface area contributed by atoms with Crippen molar-refractivity contribution in [3.05, 3.63) is 12.7 Å². The lowest BCUT2D eigenvalue weighted by atomic mass is 9.92. The summed E-state index contributed by atoms with van der Waals surface area (Å²) in [5, 5.41) is 19.1. The molecule has 16 heavy (non-hydrogen) atoms. The number of rotatable bonds is 5. The number of hydrogen-bond donors (Lipinski definition) is 2. The van der Waals surface area contributed by atoms with Crippen LogP contribution in [0.4, 0.5) is 0 Å². The van der Waals surface area contributed by atoms with Gasteiger partial charge >= 0.3 is 0 Å². The van der Waals surface area contributed by atoms with Gasteiger partial charge in [0.25, 0.3) is 0 Å². The van der Waals surface area contributed by atoms with E-state index >= 15 is 0 Å². The van der Waals surface area contributed by atoms with E-state index in [0.29, 0.717) is 6.42 Å². The van der Waals surface area contributed by atoms with Gasteiger partial charge in [0.1, 0.15) is 6.10 Å². The van der Waals surface area contributed by atoms with E-state index in [1.165, 1.54) is 0 Å². The molecular formula is C12H22O4. The van der Waals surface area contributed by atoms with Crippen LogP contribution in [0.3, 0.4) is 0 Å². The fraction of sp³-hybridized carbons (Fsp3) is 0.833. The average molecular weight is 230 g/mol. The van der Waals surface area contributed by atoms with Gasteiger partial charge in [-0.15, -0.1) is 6.58 Å². The molecule has 1 aliphatic rings. The van der Waals surface area contributed by atoms with E-state index in [0.717, 1.165) is 0 Å². The molecule has 94 valence electrons. The number of aliphatic hydroxyl groups is 2. The minimum absolute atomic E-state index is 0.0980. The highest BCUT2D eigenvalue weighted by atomic mass is 16.8. The summed E-state index contributed by atoms with van der Waals surface area (Å²) in [6, 6.07) is 0. The largest absolute Gasteiger partial charge is 0.394 e. The molecule has 1 heterocycles. The van der Waals surface area contributed by atoms with Crippen molar-refractivity contribution < 1.29 is 19.7 Å². The van der Waals surface area contributed by atoms with Crippen LogP contribution in [0.15, 0.2) is 12.7 Å². The summed E-state index contributed by atoms with van der Waals surface area (Å²) in [5.41, 5.74) is 0. The zero-order chi connectivity index (χ0) is 12.3. The van der Waals surface area contributed by atoms with Crippen molar-refractivity contribution in [2.75, 3.05) is 6.61 Å². The van der Waals surface area contributed by atoms with Crippen LogP contribution in [0.1, 0.15) is 27.2 Å². The second-order valence-electron chi connectivity index (χ2n) is 4.77. The van der Waals surface area contributed by atoms with Crippen LogP contribution in [0, 0.1) is 5.92 Å². The van der Waals surface area contributed by atoms with Gasteiger partial charge in [0.05, 0.1) is 18.8 Å². The lowest BCUT2D eigenvalue weighted by Gasteiger charge is -2.26. The standard InChI is InChI=1S/C12H22O4/c1-5-6-9(14)8(2)11-10(7-13)15-12(3,4)16-11/h5,8-11,13-14H,1,6-7H2,2-4H3/t8-,9?,10-,11+/m0/s1. The van der Waals surface area contributed by atoms with E-state index in [1.54, 1.807) is 6.08 Å². The maximum Gasteiger partial charge on any atom is 0.163 e. The summed E-state index contributed by atoms with van der Waals surface area (Å²) in [5.74, 6) is -0.794. The molecule has 0 aromatic rings. The van der Waals surface area contributed by atoms with Crippen LogP contribution in [0.25, 0.3) is 0 Å². The quantitative estimate of drug-likeness (QED) is 0.694. The Bertz CT molecular complexity index is 239. The van der Waals surface area contributed by atoms with Gasteiger partial charge in [-0.3, -0.25) is 0 Å². The molecule has 0 aliphatic carbocycles. The second kappa shape index (κ2) is 5.27. The molecule has 0 amide bonds. The predicted octanol–water partition coefficient (Wildman–Crippen LogP) is 1.07. The van der Waals surface area contributed by atoms with Gasteiger partial charge in [0.15, 0.2) is 5.79 Å². The van der Waals surface area contributed by atoms with Gasteiger partial charge in [-0.05, 0) is 20.3 Å². The van der Waals surface area contributed by atoms with Crippen LogP contribution in [0.5, 0.6) is 0 Å². The molecule has 1 unspecified atom stereocenters. The van der Waals surface area contributed by atoms with E-state index in [4.69, 9.17) is 9.47 Å². The Morgan fingerprint density at radius 3 is 2.56 bits per heavy atom. The third-order valence-electron chi connectivity index (χ3n) is 2.93. The molecule has 0 aromatic carbocycles. The van der Waals surface area contributed by atoms with Crippen LogP contribution in [-0.2, 0) is 9.47 Å². The minimum Gasteiger partial charge on any atom is -0.394 e. The van der Waals surface area contributed by atoms with E-state index < -0.39 is 11.9 Å². The summed E-state index contributed by atoms with van der Waals surface area (Å²) < 4.78 is 11.3. The van der Waals surface area contributed by atoms with E-state index in [9.17, 15) is 10.2 Å². The third kappa shape index (κ3) is 3.04. The number of aliphatic hydroxyl groups excluding tert-OH is 2. The van der Waals surface area contributed by atoms with E-state index in [2.05, 4.69) is 6.58 Å². The first kappa shape index (κ1) is 13.6. The Morgan fingerprint density at radius 2 is 2.06 bits per heavy atom. The zero-order valence-electron chi connectivity index (χ0n) is 10.2. The van der Waals surface area contributed by atoms with Crippen molar-refractivity contribution in [1.82, 2.24) is 0 Å². The van der Waals surface area contributed by atoms with Gasteiger partial charge in [-0.1, -0.05) is 13.0 Å². The Kier molecular flexibility index (Phi) is 4.50. The van der Waals surface area contributed by atoms with Crippen molar-refractivity contribution in [3.8, 4) is 0 Å². The monoisotopic (exact) mass is 230 g/mol. The highest BCUT2D eigenvalue weighted by molar-refractivity contribution is 4.89. The van der Waals surface area contributed by atoms with Gasteiger partial charge in [0, 0.05) is 5.92 Å². The normalized spacial score (nSPS) is 32.3. The first-order chi connectivity index (χ1) is 7.41. The Hall–Kier alpha value is -0.420. The molecule has 1 aliphatic heterocycles. The van der Waals surface area contributed by atoms with Crippen molar-refractivity contribution in [2.45, 2.75) is 51.3 Å². The molecule has 4 atom stereocenters. The summed E-state index contributed by atoms with van der Waals surface area (Å²) in [7, 11) is 0. The van der Waals surface area contributed by atoms with Gasteiger partial charge in [0.2, 0.25) is 0 Å². The summed E-state index contributed by atoms with van der Waals surface area (Å²) in [6.07, 6.45) is 1.02. The molecule has 0 aromatic heterocycles. The fourth-order valence-electron chi connectivity index (χ4n) is 2.05. The third-order valence-corrected chi connectivity index (χ3v) is 2.93. The maximum absolute atomic E-state index is 9.87. The maximum atomic E-state index is 9.87.